The molecule has 0 unspecified atom stereocenters. The molecule has 0 bridgehead atoms. The Balaban J connectivity index is 1.24. The maximum Gasteiger partial charge on any atom is 0.0719 e. The number of hydrogen-bond acceptors (Lipinski definition) is 1. The predicted octanol–water partition coefficient (Wildman–Crippen LogP) is 12.9. The van der Waals surface area contributed by atoms with Crippen molar-refractivity contribution in [3.05, 3.63) is 204 Å². The molecule has 0 fully saturated rings. The van der Waals surface area contributed by atoms with Crippen LogP contribution in [-0.4, -0.2) is 0 Å². The summed E-state index contributed by atoms with van der Waals surface area (Å²) in [6.45, 7) is 0. The van der Waals surface area contributed by atoms with Gasteiger partial charge in [0.05, 0.1) is 5.41 Å². The summed E-state index contributed by atoms with van der Waals surface area (Å²) in [7, 11) is 0. The third-order valence-electron chi connectivity index (χ3n) is 10.3. The highest BCUT2D eigenvalue weighted by Crippen LogP contribution is 2.58. The lowest BCUT2D eigenvalue weighted by Crippen LogP contribution is -2.28. The Morgan fingerprint density at radius 2 is 0.917 bits per heavy atom. The zero-order valence-corrected chi connectivity index (χ0v) is 27.0. The molecule has 0 saturated heterocycles. The van der Waals surface area contributed by atoms with Crippen LogP contribution >= 0.6 is 11.3 Å². The van der Waals surface area contributed by atoms with Crippen LogP contribution in [0, 0.1) is 0 Å². The SMILES string of the molecule is c1ccc(-c2ccc3c(c2)C(c2ccccc2)(c2ccccc2)c2c-3ccc3cc(-c4ccc5c(c4)sc4ccccc45)ccc23)cc1. The van der Waals surface area contributed by atoms with Gasteiger partial charge in [-0.3, -0.25) is 0 Å². The first-order valence-electron chi connectivity index (χ1n) is 16.6. The van der Waals surface area contributed by atoms with Gasteiger partial charge in [0.1, 0.15) is 0 Å². The molecule has 0 radical (unpaired) electrons. The zero-order chi connectivity index (χ0) is 31.7. The molecule has 0 saturated carbocycles. The highest BCUT2D eigenvalue weighted by molar-refractivity contribution is 7.25. The molecule has 1 aliphatic rings. The number of hydrogen-bond donors (Lipinski definition) is 0. The molecule has 0 aliphatic heterocycles. The van der Waals surface area contributed by atoms with E-state index in [0.717, 1.165) is 0 Å². The first-order chi connectivity index (χ1) is 23.8. The van der Waals surface area contributed by atoms with Crippen LogP contribution in [0.1, 0.15) is 22.3 Å². The van der Waals surface area contributed by atoms with Crippen molar-refractivity contribution in [2.45, 2.75) is 5.41 Å². The summed E-state index contributed by atoms with van der Waals surface area (Å²) >= 11 is 1.88. The van der Waals surface area contributed by atoms with E-state index in [2.05, 4.69) is 182 Å². The number of fused-ring (bicyclic) bond motifs is 8. The van der Waals surface area contributed by atoms with Crippen molar-refractivity contribution < 1.29 is 0 Å². The molecule has 0 spiro atoms. The number of rotatable bonds is 4. The fourth-order valence-corrected chi connectivity index (χ4v) is 9.37. The van der Waals surface area contributed by atoms with Gasteiger partial charge in [-0.1, -0.05) is 158 Å². The van der Waals surface area contributed by atoms with Crippen molar-refractivity contribution in [2.24, 2.45) is 0 Å². The van der Waals surface area contributed by atoms with Crippen molar-refractivity contribution in [3.8, 4) is 33.4 Å². The van der Waals surface area contributed by atoms with Gasteiger partial charge in [-0.25, -0.2) is 0 Å². The molecule has 9 aromatic rings. The van der Waals surface area contributed by atoms with Crippen LogP contribution in [0.25, 0.3) is 64.3 Å². The van der Waals surface area contributed by atoms with E-state index in [-0.39, 0.29) is 0 Å². The molecule has 1 aliphatic carbocycles. The van der Waals surface area contributed by atoms with E-state index < -0.39 is 5.41 Å². The average molecular weight is 627 g/mol. The molecule has 224 valence electrons. The van der Waals surface area contributed by atoms with Crippen molar-refractivity contribution in [1.82, 2.24) is 0 Å². The minimum Gasteiger partial charge on any atom is -0.135 e. The number of thiophene rings is 1. The minimum atomic E-state index is -0.477. The molecular weight excluding hydrogens is 597 g/mol. The van der Waals surface area contributed by atoms with E-state index in [1.807, 2.05) is 11.3 Å². The second kappa shape index (κ2) is 10.6. The van der Waals surface area contributed by atoms with Crippen molar-refractivity contribution in [1.29, 1.82) is 0 Å². The van der Waals surface area contributed by atoms with Crippen molar-refractivity contribution >= 4 is 42.3 Å². The third kappa shape index (κ3) is 3.95. The van der Waals surface area contributed by atoms with Crippen LogP contribution in [0.5, 0.6) is 0 Å². The summed E-state index contributed by atoms with van der Waals surface area (Å²) < 4.78 is 2.67. The first kappa shape index (κ1) is 27.4. The second-order valence-corrected chi connectivity index (χ2v) is 13.9. The average Bonchev–Trinajstić information content (AvgIpc) is 3.69. The lowest BCUT2D eigenvalue weighted by molar-refractivity contribution is 0.776. The van der Waals surface area contributed by atoms with Crippen LogP contribution in [0.4, 0.5) is 0 Å². The topological polar surface area (TPSA) is 0 Å². The fourth-order valence-electron chi connectivity index (χ4n) is 8.22. The van der Waals surface area contributed by atoms with Gasteiger partial charge in [-0.15, -0.1) is 11.3 Å². The molecule has 48 heavy (non-hydrogen) atoms. The van der Waals surface area contributed by atoms with Gasteiger partial charge in [-0.2, -0.15) is 0 Å². The van der Waals surface area contributed by atoms with Gasteiger partial charge < -0.3 is 0 Å². The first-order valence-corrected chi connectivity index (χ1v) is 17.4. The lowest BCUT2D eigenvalue weighted by atomic mass is 9.66. The largest absolute Gasteiger partial charge is 0.135 e. The highest BCUT2D eigenvalue weighted by atomic mass is 32.1. The van der Waals surface area contributed by atoms with Crippen LogP contribution in [0.15, 0.2) is 182 Å². The van der Waals surface area contributed by atoms with Crippen molar-refractivity contribution in [2.75, 3.05) is 0 Å². The van der Waals surface area contributed by atoms with Gasteiger partial charge in [0.15, 0.2) is 0 Å². The summed E-state index contributed by atoms with van der Waals surface area (Å²) in [5.41, 5.74) is 12.4. The lowest BCUT2D eigenvalue weighted by Gasteiger charge is -2.35. The number of benzene rings is 8. The summed E-state index contributed by atoms with van der Waals surface area (Å²) in [4.78, 5) is 0. The summed E-state index contributed by atoms with van der Waals surface area (Å²) in [6.07, 6.45) is 0. The van der Waals surface area contributed by atoms with Crippen LogP contribution in [0.2, 0.25) is 0 Å². The molecule has 0 N–H and O–H groups in total. The molecule has 1 aromatic heterocycles. The second-order valence-electron chi connectivity index (χ2n) is 12.8. The molecule has 10 rings (SSSR count). The maximum absolute atomic E-state index is 2.45. The van der Waals surface area contributed by atoms with Crippen LogP contribution in [-0.2, 0) is 5.41 Å². The molecular formula is C47H30S. The van der Waals surface area contributed by atoms with E-state index in [1.165, 1.54) is 86.6 Å². The maximum atomic E-state index is 2.45. The van der Waals surface area contributed by atoms with Crippen molar-refractivity contribution in [3.63, 3.8) is 0 Å². The molecule has 8 aromatic carbocycles. The third-order valence-corrected chi connectivity index (χ3v) is 11.5. The monoisotopic (exact) mass is 626 g/mol. The van der Waals surface area contributed by atoms with Gasteiger partial charge in [0.25, 0.3) is 0 Å². The fraction of sp³-hybridized carbons (Fsp3) is 0.0213. The molecule has 0 atom stereocenters. The smallest absolute Gasteiger partial charge is 0.0719 e. The van der Waals surface area contributed by atoms with E-state index in [9.17, 15) is 0 Å². The van der Waals surface area contributed by atoms with E-state index in [4.69, 9.17) is 0 Å². The molecule has 0 nitrogen and oxygen atoms in total. The van der Waals surface area contributed by atoms with Crippen LogP contribution < -0.4 is 0 Å². The van der Waals surface area contributed by atoms with Gasteiger partial charge in [0.2, 0.25) is 0 Å². The summed E-state index contributed by atoms with van der Waals surface area (Å²) in [5.74, 6) is 0. The Morgan fingerprint density at radius 3 is 1.67 bits per heavy atom. The van der Waals surface area contributed by atoms with Gasteiger partial charge >= 0.3 is 0 Å². The predicted molar refractivity (Wildman–Crippen MR) is 205 cm³/mol. The standard InChI is InChI=1S/C47H30S/c1-4-12-31(13-5-1)33-21-25-39-42-27-23-35-28-32(34-22-26-41-40-18-10-11-19-44(40)48-45(41)30-34)20-24-38(35)46(42)47(43(39)29-33,36-14-6-2-7-15-36)37-16-8-3-9-17-37/h1-30H. The van der Waals surface area contributed by atoms with E-state index in [1.54, 1.807) is 0 Å². The Labute approximate surface area is 284 Å². The quantitative estimate of drug-likeness (QED) is 0.182. The highest BCUT2D eigenvalue weighted by Gasteiger charge is 2.47. The summed E-state index contributed by atoms with van der Waals surface area (Å²) in [5, 5.41) is 5.23. The van der Waals surface area contributed by atoms with E-state index >= 15 is 0 Å². The Kier molecular flexibility index (Phi) is 6.06. The van der Waals surface area contributed by atoms with Gasteiger partial charge in [0, 0.05) is 20.2 Å². The Hall–Kier alpha value is -5.76. The molecule has 1 heterocycles. The van der Waals surface area contributed by atoms with Crippen LogP contribution in [0.3, 0.4) is 0 Å². The van der Waals surface area contributed by atoms with E-state index in [0.29, 0.717) is 0 Å². The minimum absolute atomic E-state index is 0.477. The van der Waals surface area contributed by atoms with Gasteiger partial charge in [-0.05, 0) is 90.7 Å². The molecule has 1 heteroatoms. The Morgan fingerprint density at radius 1 is 0.354 bits per heavy atom. The summed E-state index contributed by atoms with van der Waals surface area (Å²) in [6, 6.07) is 67.6. The Bertz CT molecular complexity index is 2610. The normalized spacial score (nSPS) is 13.2. The molecule has 0 amide bonds. The zero-order valence-electron chi connectivity index (χ0n) is 26.2.